The highest BCUT2D eigenvalue weighted by Gasteiger charge is 2.13. The van der Waals surface area contributed by atoms with Crippen LogP contribution in [-0.2, 0) is 4.79 Å². The Labute approximate surface area is 202 Å². The third-order valence-electron chi connectivity index (χ3n) is 5.44. The van der Waals surface area contributed by atoms with Crippen LogP contribution in [0.2, 0.25) is 0 Å². The summed E-state index contributed by atoms with van der Waals surface area (Å²) in [5.41, 5.74) is 3.02. The number of rotatable bonds is 9. The molecule has 4 rings (SSSR count). The number of carbonyl (C=O) groups is 1. The van der Waals surface area contributed by atoms with E-state index < -0.39 is 0 Å². The van der Waals surface area contributed by atoms with E-state index in [2.05, 4.69) is 5.32 Å². The van der Waals surface area contributed by atoms with E-state index in [9.17, 15) is 14.0 Å². The smallest absolute Gasteiger partial charge is 0.266 e. The number of hydrogen-bond donors (Lipinski definition) is 1. The van der Waals surface area contributed by atoms with E-state index in [0.717, 1.165) is 36.3 Å². The lowest BCUT2D eigenvalue weighted by Gasteiger charge is -2.13. The van der Waals surface area contributed by atoms with Crippen molar-refractivity contribution in [1.82, 2.24) is 9.55 Å². The second kappa shape index (κ2) is 11.1. The lowest BCUT2D eigenvalue weighted by molar-refractivity contribution is -0.116. The van der Waals surface area contributed by atoms with Crippen LogP contribution in [0.5, 0.6) is 0 Å². The largest absolute Gasteiger partial charge is 0.326 e. The van der Waals surface area contributed by atoms with Crippen LogP contribution in [0, 0.1) is 12.7 Å². The van der Waals surface area contributed by atoms with Crippen molar-refractivity contribution in [3.05, 3.63) is 94.5 Å². The Kier molecular flexibility index (Phi) is 7.75. The first-order valence-electron chi connectivity index (χ1n) is 11.3. The summed E-state index contributed by atoms with van der Waals surface area (Å²) >= 11 is 1.50. The van der Waals surface area contributed by atoms with Gasteiger partial charge in [-0.2, -0.15) is 0 Å². The Morgan fingerprint density at radius 2 is 1.71 bits per heavy atom. The van der Waals surface area contributed by atoms with E-state index in [-0.39, 0.29) is 17.3 Å². The number of thioether (sulfide) groups is 1. The molecule has 0 aliphatic carbocycles. The molecule has 0 saturated heterocycles. The molecule has 34 heavy (non-hydrogen) atoms. The van der Waals surface area contributed by atoms with E-state index in [1.54, 1.807) is 22.8 Å². The van der Waals surface area contributed by atoms with Crippen molar-refractivity contribution in [1.29, 1.82) is 0 Å². The summed E-state index contributed by atoms with van der Waals surface area (Å²) in [7, 11) is 0. The van der Waals surface area contributed by atoms with E-state index in [4.69, 9.17) is 4.98 Å². The number of hydrogen-bond acceptors (Lipinski definition) is 4. The van der Waals surface area contributed by atoms with Crippen molar-refractivity contribution in [3.8, 4) is 5.69 Å². The third-order valence-corrected chi connectivity index (χ3v) is 6.47. The van der Waals surface area contributed by atoms with Crippen molar-refractivity contribution in [2.45, 2.75) is 37.8 Å². The van der Waals surface area contributed by atoms with Gasteiger partial charge in [0.1, 0.15) is 5.82 Å². The van der Waals surface area contributed by atoms with Gasteiger partial charge in [0.2, 0.25) is 5.91 Å². The SMILES string of the molecule is Cc1ccc(NC(=O)CCCCCSc2nc3ccccc3c(=O)n2-c2ccc(F)cc2)cc1. The predicted molar refractivity (Wildman–Crippen MR) is 136 cm³/mol. The minimum Gasteiger partial charge on any atom is -0.326 e. The molecule has 0 spiro atoms. The first-order chi connectivity index (χ1) is 16.5. The van der Waals surface area contributed by atoms with Gasteiger partial charge in [-0.05, 0) is 68.3 Å². The van der Waals surface area contributed by atoms with Crippen molar-refractivity contribution >= 4 is 34.3 Å². The predicted octanol–water partition coefficient (Wildman–Crippen LogP) is 6.12. The highest BCUT2D eigenvalue weighted by molar-refractivity contribution is 7.99. The molecule has 0 bridgehead atoms. The van der Waals surface area contributed by atoms with Gasteiger partial charge in [-0.3, -0.25) is 14.2 Å². The summed E-state index contributed by atoms with van der Waals surface area (Å²) in [6, 6.07) is 20.8. The molecule has 3 aromatic carbocycles. The van der Waals surface area contributed by atoms with Crippen molar-refractivity contribution in [3.63, 3.8) is 0 Å². The van der Waals surface area contributed by atoms with E-state index in [0.29, 0.717) is 28.2 Å². The summed E-state index contributed by atoms with van der Waals surface area (Å²) in [6.07, 6.45) is 3.03. The van der Waals surface area contributed by atoms with Crippen LogP contribution in [-0.4, -0.2) is 21.2 Å². The molecular weight excluding hydrogens is 449 g/mol. The van der Waals surface area contributed by atoms with Gasteiger partial charge in [0.05, 0.1) is 16.6 Å². The third kappa shape index (κ3) is 5.91. The molecule has 174 valence electrons. The average Bonchev–Trinajstić information content (AvgIpc) is 2.84. The number of nitrogens with one attached hydrogen (secondary N) is 1. The zero-order valence-electron chi connectivity index (χ0n) is 19.0. The van der Waals surface area contributed by atoms with Crippen LogP contribution < -0.4 is 10.9 Å². The lowest BCUT2D eigenvalue weighted by Crippen LogP contribution is -2.21. The van der Waals surface area contributed by atoms with Crippen LogP contribution in [0.4, 0.5) is 10.1 Å². The number of aromatic nitrogens is 2. The first-order valence-corrected chi connectivity index (χ1v) is 12.3. The summed E-state index contributed by atoms with van der Waals surface area (Å²) in [6.45, 7) is 2.01. The maximum absolute atomic E-state index is 13.4. The summed E-state index contributed by atoms with van der Waals surface area (Å²) in [4.78, 5) is 30.0. The minimum atomic E-state index is -0.355. The van der Waals surface area contributed by atoms with Gasteiger partial charge in [0.25, 0.3) is 5.56 Å². The standard InChI is InChI=1S/C27H26FN3O2S/c1-19-10-14-21(15-11-19)29-25(32)9-3-2-6-18-34-27-30-24-8-5-4-7-23(24)26(33)31(27)22-16-12-20(28)13-17-22/h4-5,7-8,10-17H,2-3,6,9,18H2,1H3,(H,29,32). The van der Waals surface area contributed by atoms with Gasteiger partial charge in [-0.25, -0.2) is 9.37 Å². The Morgan fingerprint density at radius 1 is 0.971 bits per heavy atom. The quantitative estimate of drug-likeness (QED) is 0.180. The number of para-hydroxylation sites is 1. The van der Waals surface area contributed by atoms with Crippen LogP contribution in [0.25, 0.3) is 16.6 Å². The minimum absolute atomic E-state index is 0.0119. The number of amides is 1. The number of carbonyl (C=O) groups excluding carboxylic acids is 1. The van der Waals surface area contributed by atoms with Gasteiger partial charge in [0, 0.05) is 17.9 Å². The number of aryl methyl sites for hydroxylation is 1. The topological polar surface area (TPSA) is 64.0 Å². The Hall–Kier alpha value is -3.45. The second-order valence-electron chi connectivity index (χ2n) is 8.10. The molecule has 7 heteroatoms. The fourth-order valence-corrected chi connectivity index (χ4v) is 4.63. The molecule has 1 heterocycles. The second-order valence-corrected chi connectivity index (χ2v) is 9.16. The van der Waals surface area contributed by atoms with Crippen LogP contribution in [0.1, 0.15) is 31.2 Å². The Balaban J connectivity index is 1.36. The normalized spacial score (nSPS) is 11.0. The molecule has 0 atom stereocenters. The van der Waals surface area contributed by atoms with E-state index >= 15 is 0 Å². The van der Waals surface area contributed by atoms with Gasteiger partial charge < -0.3 is 5.32 Å². The van der Waals surface area contributed by atoms with Crippen LogP contribution >= 0.6 is 11.8 Å². The number of benzene rings is 3. The molecule has 0 radical (unpaired) electrons. The molecule has 0 fully saturated rings. The molecule has 1 N–H and O–H groups in total. The summed E-state index contributed by atoms with van der Waals surface area (Å²) in [5, 5.41) is 4.02. The number of fused-ring (bicyclic) bond motifs is 1. The summed E-state index contributed by atoms with van der Waals surface area (Å²) in [5.74, 6) is 0.412. The number of unbranched alkanes of at least 4 members (excludes halogenated alkanes) is 2. The highest BCUT2D eigenvalue weighted by atomic mass is 32.2. The average molecular weight is 476 g/mol. The van der Waals surface area contributed by atoms with Crippen molar-refractivity contribution in [2.24, 2.45) is 0 Å². The highest BCUT2D eigenvalue weighted by Crippen LogP contribution is 2.23. The van der Waals surface area contributed by atoms with Gasteiger partial charge in [0.15, 0.2) is 5.16 Å². The fourth-order valence-electron chi connectivity index (χ4n) is 3.62. The van der Waals surface area contributed by atoms with Crippen molar-refractivity contribution < 1.29 is 9.18 Å². The molecule has 0 aliphatic heterocycles. The van der Waals surface area contributed by atoms with Crippen LogP contribution in [0.3, 0.4) is 0 Å². The van der Waals surface area contributed by atoms with E-state index in [1.807, 2.05) is 49.4 Å². The molecule has 1 amide bonds. The Morgan fingerprint density at radius 3 is 2.47 bits per heavy atom. The van der Waals surface area contributed by atoms with E-state index in [1.165, 1.54) is 23.9 Å². The van der Waals surface area contributed by atoms with Gasteiger partial charge >= 0.3 is 0 Å². The Bertz CT molecular complexity index is 1340. The number of anilines is 1. The molecule has 5 nitrogen and oxygen atoms in total. The van der Waals surface area contributed by atoms with Gasteiger partial charge in [-0.15, -0.1) is 0 Å². The first kappa shape index (κ1) is 23.7. The molecular formula is C27H26FN3O2S. The molecule has 4 aromatic rings. The zero-order chi connectivity index (χ0) is 23.9. The maximum Gasteiger partial charge on any atom is 0.266 e. The maximum atomic E-state index is 13.4. The zero-order valence-corrected chi connectivity index (χ0v) is 19.8. The van der Waals surface area contributed by atoms with Gasteiger partial charge in [-0.1, -0.05) is 48.0 Å². The lowest BCUT2D eigenvalue weighted by atomic mass is 10.2. The monoisotopic (exact) mass is 475 g/mol. The summed E-state index contributed by atoms with van der Waals surface area (Å²) < 4.78 is 15.0. The van der Waals surface area contributed by atoms with Crippen LogP contribution in [0.15, 0.2) is 82.7 Å². The van der Waals surface area contributed by atoms with Crippen molar-refractivity contribution in [2.75, 3.05) is 11.1 Å². The molecule has 1 aromatic heterocycles. The molecule has 0 unspecified atom stereocenters. The molecule has 0 saturated carbocycles. The number of nitrogens with zero attached hydrogens (tertiary/aromatic N) is 2. The molecule has 0 aliphatic rings. The number of halogens is 1. The fraction of sp³-hybridized carbons (Fsp3) is 0.222.